The van der Waals surface area contributed by atoms with Crippen molar-refractivity contribution in [1.82, 2.24) is 0 Å². The van der Waals surface area contributed by atoms with Gasteiger partial charge in [0.2, 0.25) is 0 Å². The molecule has 0 heteroatoms. The largest absolute Gasteiger partial charge is 0.0988 e. The van der Waals surface area contributed by atoms with Crippen molar-refractivity contribution in [3.05, 3.63) is 24.3 Å². The molecule has 0 saturated carbocycles. The molecule has 0 heterocycles. The zero-order chi connectivity index (χ0) is 9.40. The molecule has 0 amide bonds. The monoisotopic (exact) mass is 166 g/mol. The van der Waals surface area contributed by atoms with Crippen LogP contribution in [0.1, 0.15) is 46.5 Å². The quantitative estimate of drug-likeness (QED) is 0.515. The molecular formula is C12H22. The van der Waals surface area contributed by atoms with Gasteiger partial charge in [-0.05, 0) is 25.7 Å². The van der Waals surface area contributed by atoms with Crippen LogP contribution in [0.15, 0.2) is 24.3 Å². The van der Waals surface area contributed by atoms with Gasteiger partial charge in [-0.3, -0.25) is 0 Å². The molecule has 0 fully saturated rings. The summed E-state index contributed by atoms with van der Waals surface area (Å²) >= 11 is 0. The molecule has 0 aromatic heterocycles. The van der Waals surface area contributed by atoms with Crippen molar-refractivity contribution in [1.29, 1.82) is 0 Å². The van der Waals surface area contributed by atoms with E-state index in [9.17, 15) is 0 Å². The van der Waals surface area contributed by atoms with Gasteiger partial charge in [-0.15, -0.1) is 0 Å². The lowest BCUT2D eigenvalue weighted by atomic mass is 9.99. The molecule has 0 aromatic rings. The lowest BCUT2D eigenvalue weighted by Crippen LogP contribution is -1.91. The van der Waals surface area contributed by atoms with Gasteiger partial charge in [0.15, 0.2) is 0 Å². The van der Waals surface area contributed by atoms with E-state index in [-0.39, 0.29) is 0 Å². The molecule has 0 aromatic carbocycles. The molecule has 0 saturated heterocycles. The fourth-order valence-corrected chi connectivity index (χ4v) is 1.22. The Hall–Kier alpha value is -0.520. The molecule has 0 aliphatic rings. The van der Waals surface area contributed by atoms with Crippen LogP contribution in [-0.4, -0.2) is 0 Å². The van der Waals surface area contributed by atoms with Crippen LogP contribution >= 0.6 is 0 Å². The van der Waals surface area contributed by atoms with Crippen LogP contribution in [0.2, 0.25) is 0 Å². The fraction of sp³-hybridized carbons (Fsp3) is 0.667. The van der Waals surface area contributed by atoms with Crippen LogP contribution in [-0.2, 0) is 0 Å². The van der Waals surface area contributed by atoms with Crippen LogP contribution in [0.4, 0.5) is 0 Å². The second-order valence-corrected chi connectivity index (χ2v) is 3.47. The van der Waals surface area contributed by atoms with E-state index in [2.05, 4.69) is 33.4 Å². The molecular weight excluding hydrogens is 144 g/mol. The van der Waals surface area contributed by atoms with Crippen molar-refractivity contribution in [2.45, 2.75) is 46.5 Å². The highest BCUT2D eigenvalue weighted by Crippen LogP contribution is 2.14. The summed E-state index contributed by atoms with van der Waals surface area (Å²) in [5.41, 5.74) is 1.39. The molecule has 0 aliphatic heterocycles. The van der Waals surface area contributed by atoms with Gasteiger partial charge in [-0.25, -0.2) is 0 Å². The van der Waals surface area contributed by atoms with E-state index in [1.165, 1.54) is 31.3 Å². The summed E-state index contributed by atoms with van der Waals surface area (Å²) in [4.78, 5) is 0. The highest BCUT2D eigenvalue weighted by atomic mass is 14.0. The average molecular weight is 166 g/mol. The third-order valence-corrected chi connectivity index (χ3v) is 2.49. The summed E-state index contributed by atoms with van der Waals surface area (Å²) in [5, 5.41) is 0. The predicted molar refractivity (Wildman–Crippen MR) is 57.3 cm³/mol. The highest BCUT2D eigenvalue weighted by Gasteiger charge is 1.98. The molecule has 0 bridgehead atoms. The van der Waals surface area contributed by atoms with Crippen molar-refractivity contribution in [3.63, 3.8) is 0 Å². The summed E-state index contributed by atoms with van der Waals surface area (Å²) in [6.07, 6.45) is 9.28. The minimum absolute atomic E-state index is 0.882. The maximum absolute atomic E-state index is 3.78. The SMILES string of the molecule is C=C/C(=C\C)CCCC(C)CC. The van der Waals surface area contributed by atoms with Crippen molar-refractivity contribution in [3.8, 4) is 0 Å². The van der Waals surface area contributed by atoms with Gasteiger partial charge in [-0.2, -0.15) is 0 Å². The van der Waals surface area contributed by atoms with Gasteiger partial charge in [0, 0.05) is 0 Å². The lowest BCUT2D eigenvalue weighted by molar-refractivity contribution is 0.496. The van der Waals surface area contributed by atoms with Gasteiger partial charge in [0.1, 0.15) is 0 Å². The van der Waals surface area contributed by atoms with E-state index >= 15 is 0 Å². The Morgan fingerprint density at radius 3 is 2.58 bits per heavy atom. The highest BCUT2D eigenvalue weighted by molar-refractivity contribution is 5.14. The summed E-state index contributed by atoms with van der Waals surface area (Å²) in [6, 6.07) is 0. The Balaban J connectivity index is 3.48. The van der Waals surface area contributed by atoms with E-state index in [0.29, 0.717) is 0 Å². The third kappa shape index (κ3) is 5.17. The minimum atomic E-state index is 0.882. The summed E-state index contributed by atoms with van der Waals surface area (Å²) in [5.74, 6) is 0.882. The maximum atomic E-state index is 3.78. The normalized spacial score (nSPS) is 14.4. The molecule has 0 rings (SSSR count). The van der Waals surface area contributed by atoms with E-state index in [0.717, 1.165) is 5.92 Å². The van der Waals surface area contributed by atoms with Crippen LogP contribution < -0.4 is 0 Å². The molecule has 70 valence electrons. The molecule has 0 N–H and O–H groups in total. The van der Waals surface area contributed by atoms with Crippen LogP contribution in [0, 0.1) is 5.92 Å². The van der Waals surface area contributed by atoms with Gasteiger partial charge in [0.05, 0.1) is 0 Å². The fourth-order valence-electron chi connectivity index (χ4n) is 1.22. The number of allylic oxidation sites excluding steroid dienone is 3. The second kappa shape index (κ2) is 7.15. The van der Waals surface area contributed by atoms with Gasteiger partial charge in [-0.1, -0.05) is 51.0 Å². The summed E-state index contributed by atoms with van der Waals surface area (Å²) < 4.78 is 0. The topological polar surface area (TPSA) is 0 Å². The molecule has 1 atom stereocenters. The summed E-state index contributed by atoms with van der Waals surface area (Å²) in [6.45, 7) is 10.4. The Morgan fingerprint density at radius 2 is 2.17 bits per heavy atom. The van der Waals surface area contributed by atoms with Crippen LogP contribution in [0.5, 0.6) is 0 Å². The molecule has 0 nitrogen and oxygen atoms in total. The van der Waals surface area contributed by atoms with Crippen molar-refractivity contribution < 1.29 is 0 Å². The lowest BCUT2D eigenvalue weighted by Gasteiger charge is -2.07. The number of hydrogen-bond acceptors (Lipinski definition) is 0. The van der Waals surface area contributed by atoms with Crippen LogP contribution in [0.25, 0.3) is 0 Å². The van der Waals surface area contributed by atoms with Gasteiger partial charge in [0.25, 0.3) is 0 Å². The Labute approximate surface area is 77.4 Å². The Bertz CT molecular complexity index is 142. The molecule has 1 unspecified atom stereocenters. The second-order valence-electron chi connectivity index (χ2n) is 3.47. The first-order valence-corrected chi connectivity index (χ1v) is 5.02. The first-order chi connectivity index (χ1) is 5.74. The summed E-state index contributed by atoms with van der Waals surface area (Å²) in [7, 11) is 0. The van der Waals surface area contributed by atoms with Crippen molar-refractivity contribution in [2.75, 3.05) is 0 Å². The van der Waals surface area contributed by atoms with Crippen LogP contribution in [0.3, 0.4) is 0 Å². The zero-order valence-corrected chi connectivity index (χ0v) is 8.77. The zero-order valence-electron chi connectivity index (χ0n) is 8.77. The van der Waals surface area contributed by atoms with E-state index in [1.54, 1.807) is 0 Å². The molecule has 0 aliphatic carbocycles. The Kier molecular flexibility index (Phi) is 6.84. The predicted octanol–water partition coefficient (Wildman–Crippen LogP) is 4.34. The molecule has 0 spiro atoms. The standard InChI is InChI=1S/C12H22/c1-5-11(4)9-8-10-12(6-2)7-3/h6-7,11H,2,5,8-10H2,1,3-4H3/b12-7+. The Morgan fingerprint density at radius 1 is 1.50 bits per heavy atom. The third-order valence-electron chi connectivity index (χ3n) is 2.49. The van der Waals surface area contributed by atoms with Crippen molar-refractivity contribution >= 4 is 0 Å². The molecule has 0 radical (unpaired) electrons. The van der Waals surface area contributed by atoms with E-state index in [1.807, 2.05) is 6.08 Å². The van der Waals surface area contributed by atoms with Gasteiger partial charge < -0.3 is 0 Å². The van der Waals surface area contributed by atoms with Crippen molar-refractivity contribution in [2.24, 2.45) is 5.92 Å². The van der Waals surface area contributed by atoms with Gasteiger partial charge >= 0.3 is 0 Å². The average Bonchev–Trinajstić information content (AvgIpc) is 2.12. The minimum Gasteiger partial charge on any atom is -0.0988 e. The molecule has 12 heavy (non-hydrogen) atoms. The number of hydrogen-bond donors (Lipinski definition) is 0. The van der Waals surface area contributed by atoms with E-state index < -0.39 is 0 Å². The van der Waals surface area contributed by atoms with E-state index in [4.69, 9.17) is 0 Å². The maximum Gasteiger partial charge on any atom is -0.0282 e. The first kappa shape index (κ1) is 11.5. The number of rotatable bonds is 6. The smallest absolute Gasteiger partial charge is 0.0282 e. The first-order valence-electron chi connectivity index (χ1n) is 5.02.